The number of pyridine rings is 2. The first kappa shape index (κ1) is 13.5. The minimum Gasteiger partial charge on any atom is -0.506 e. The standard InChI is InChI=1S/C20H14N2O/c23-19-9-4-10-22-20(19)15-7-3-6-14(11-15)18-13-21-12-16-5-1-2-8-17(16)18/h1-13,23H. The Kier molecular flexibility index (Phi) is 3.24. The Bertz CT molecular complexity index is 990. The molecule has 0 saturated carbocycles. The van der Waals surface area contributed by atoms with E-state index in [1.54, 1.807) is 18.3 Å². The quantitative estimate of drug-likeness (QED) is 0.585. The molecule has 0 saturated heterocycles. The third-order valence-corrected chi connectivity index (χ3v) is 3.90. The van der Waals surface area contributed by atoms with Crippen LogP contribution in [0.4, 0.5) is 0 Å². The molecule has 0 spiro atoms. The van der Waals surface area contributed by atoms with Crippen LogP contribution in [0, 0.1) is 0 Å². The number of fused-ring (bicyclic) bond motifs is 1. The molecule has 0 bridgehead atoms. The van der Waals surface area contributed by atoms with E-state index in [0.717, 1.165) is 27.5 Å². The van der Waals surface area contributed by atoms with Crippen LogP contribution in [0.1, 0.15) is 0 Å². The molecule has 0 amide bonds. The summed E-state index contributed by atoms with van der Waals surface area (Å²) in [6, 6.07) is 19.6. The van der Waals surface area contributed by atoms with Gasteiger partial charge in [0.15, 0.2) is 0 Å². The molecule has 0 radical (unpaired) electrons. The average Bonchev–Trinajstić information content (AvgIpc) is 2.62. The maximum Gasteiger partial charge on any atom is 0.141 e. The number of nitrogens with zero attached hydrogens (tertiary/aromatic N) is 2. The van der Waals surface area contributed by atoms with Gasteiger partial charge < -0.3 is 5.11 Å². The molecule has 0 unspecified atom stereocenters. The lowest BCUT2D eigenvalue weighted by Crippen LogP contribution is -1.87. The predicted molar refractivity (Wildman–Crippen MR) is 92.1 cm³/mol. The summed E-state index contributed by atoms with van der Waals surface area (Å²) >= 11 is 0. The lowest BCUT2D eigenvalue weighted by molar-refractivity contribution is 0.475. The maximum atomic E-state index is 10.0. The molecule has 3 heteroatoms. The van der Waals surface area contributed by atoms with Crippen molar-refractivity contribution in [2.24, 2.45) is 0 Å². The summed E-state index contributed by atoms with van der Waals surface area (Å²) in [5.74, 6) is 0.181. The van der Waals surface area contributed by atoms with Gasteiger partial charge in [-0.2, -0.15) is 0 Å². The second-order valence-electron chi connectivity index (χ2n) is 5.36. The highest BCUT2D eigenvalue weighted by Crippen LogP contribution is 2.32. The lowest BCUT2D eigenvalue weighted by Gasteiger charge is -2.09. The van der Waals surface area contributed by atoms with Crippen LogP contribution in [0.3, 0.4) is 0 Å². The van der Waals surface area contributed by atoms with E-state index >= 15 is 0 Å². The van der Waals surface area contributed by atoms with Crippen molar-refractivity contribution in [3.63, 3.8) is 0 Å². The fourth-order valence-corrected chi connectivity index (χ4v) is 2.80. The second kappa shape index (κ2) is 5.54. The first-order valence-corrected chi connectivity index (χ1v) is 7.40. The maximum absolute atomic E-state index is 10.0. The zero-order valence-corrected chi connectivity index (χ0v) is 12.3. The number of benzene rings is 2. The van der Waals surface area contributed by atoms with Crippen molar-refractivity contribution in [3.05, 3.63) is 79.3 Å². The van der Waals surface area contributed by atoms with E-state index < -0.39 is 0 Å². The number of aromatic nitrogens is 2. The fourth-order valence-electron chi connectivity index (χ4n) is 2.80. The van der Waals surface area contributed by atoms with Crippen molar-refractivity contribution in [3.8, 4) is 28.1 Å². The molecule has 0 atom stereocenters. The Morgan fingerprint density at radius 3 is 2.57 bits per heavy atom. The number of rotatable bonds is 2. The van der Waals surface area contributed by atoms with E-state index in [1.165, 1.54) is 0 Å². The Labute approximate surface area is 133 Å². The summed E-state index contributed by atoms with van der Waals surface area (Å²) < 4.78 is 0. The van der Waals surface area contributed by atoms with Crippen molar-refractivity contribution in [2.75, 3.05) is 0 Å². The molecule has 0 fully saturated rings. The average molecular weight is 298 g/mol. The van der Waals surface area contributed by atoms with Crippen LogP contribution in [0.15, 0.2) is 79.3 Å². The van der Waals surface area contributed by atoms with Crippen LogP contribution in [0.25, 0.3) is 33.2 Å². The summed E-state index contributed by atoms with van der Waals surface area (Å²) in [7, 11) is 0. The zero-order chi connectivity index (χ0) is 15.6. The molecule has 0 aliphatic heterocycles. The van der Waals surface area contributed by atoms with E-state index in [2.05, 4.69) is 22.1 Å². The minimum absolute atomic E-state index is 0.181. The molecule has 2 heterocycles. The predicted octanol–water partition coefficient (Wildman–Crippen LogP) is 4.67. The molecule has 0 aliphatic carbocycles. The van der Waals surface area contributed by atoms with Crippen molar-refractivity contribution < 1.29 is 5.11 Å². The van der Waals surface area contributed by atoms with Gasteiger partial charge in [0.2, 0.25) is 0 Å². The number of aromatic hydroxyl groups is 1. The van der Waals surface area contributed by atoms with Gasteiger partial charge >= 0.3 is 0 Å². The van der Waals surface area contributed by atoms with Gasteiger partial charge in [-0.05, 0) is 29.1 Å². The van der Waals surface area contributed by atoms with Crippen molar-refractivity contribution >= 4 is 10.8 Å². The van der Waals surface area contributed by atoms with E-state index in [-0.39, 0.29) is 5.75 Å². The van der Waals surface area contributed by atoms with Gasteiger partial charge in [-0.3, -0.25) is 9.97 Å². The van der Waals surface area contributed by atoms with Crippen LogP contribution >= 0.6 is 0 Å². The highest BCUT2D eigenvalue weighted by molar-refractivity contribution is 5.96. The smallest absolute Gasteiger partial charge is 0.141 e. The summed E-state index contributed by atoms with van der Waals surface area (Å²) in [6.45, 7) is 0. The third kappa shape index (κ3) is 2.42. The first-order valence-electron chi connectivity index (χ1n) is 7.40. The normalized spacial score (nSPS) is 10.8. The van der Waals surface area contributed by atoms with Gasteiger partial charge in [0.1, 0.15) is 11.4 Å². The molecule has 3 nitrogen and oxygen atoms in total. The molecule has 4 aromatic rings. The molecule has 0 aliphatic rings. The van der Waals surface area contributed by atoms with Crippen LogP contribution in [-0.2, 0) is 0 Å². The summed E-state index contributed by atoms with van der Waals surface area (Å²) in [5, 5.41) is 12.3. The molecular weight excluding hydrogens is 284 g/mol. The third-order valence-electron chi connectivity index (χ3n) is 3.90. The van der Waals surface area contributed by atoms with Crippen molar-refractivity contribution in [1.82, 2.24) is 9.97 Å². The molecule has 2 aromatic heterocycles. The molecule has 1 N–H and O–H groups in total. The van der Waals surface area contributed by atoms with Gasteiger partial charge in [-0.15, -0.1) is 0 Å². The minimum atomic E-state index is 0.181. The van der Waals surface area contributed by atoms with E-state index in [0.29, 0.717) is 5.69 Å². The highest BCUT2D eigenvalue weighted by atomic mass is 16.3. The summed E-state index contributed by atoms with van der Waals surface area (Å²) in [4.78, 5) is 8.62. The zero-order valence-electron chi connectivity index (χ0n) is 12.3. The molecule has 23 heavy (non-hydrogen) atoms. The SMILES string of the molecule is Oc1cccnc1-c1cccc(-c2cncc3ccccc23)c1. The van der Waals surface area contributed by atoms with Gasteiger partial charge in [0.05, 0.1) is 0 Å². The first-order chi connectivity index (χ1) is 11.3. The summed E-state index contributed by atoms with van der Waals surface area (Å²) in [5.41, 5.74) is 3.59. The van der Waals surface area contributed by atoms with Crippen LogP contribution in [0.5, 0.6) is 5.75 Å². The van der Waals surface area contributed by atoms with Gasteiger partial charge in [0, 0.05) is 35.1 Å². The molecule has 2 aromatic carbocycles. The fraction of sp³-hybridized carbons (Fsp3) is 0. The van der Waals surface area contributed by atoms with Crippen LogP contribution < -0.4 is 0 Å². The van der Waals surface area contributed by atoms with E-state index in [9.17, 15) is 5.11 Å². The van der Waals surface area contributed by atoms with Gasteiger partial charge in [-0.1, -0.05) is 42.5 Å². The van der Waals surface area contributed by atoms with E-state index in [4.69, 9.17) is 0 Å². The number of hydrogen-bond acceptors (Lipinski definition) is 3. The van der Waals surface area contributed by atoms with Crippen molar-refractivity contribution in [2.45, 2.75) is 0 Å². The Hall–Kier alpha value is -3.20. The summed E-state index contributed by atoms with van der Waals surface area (Å²) in [6.07, 6.45) is 5.42. The Balaban J connectivity index is 1.90. The number of hydrogen-bond donors (Lipinski definition) is 1. The molecule has 110 valence electrons. The highest BCUT2D eigenvalue weighted by Gasteiger charge is 2.08. The topological polar surface area (TPSA) is 46.0 Å². The van der Waals surface area contributed by atoms with E-state index in [1.807, 2.05) is 48.8 Å². The molecular formula is C20H14N2O. The Morgan fingerprint density at radius 2 is 1.65 bits per heavy atom. The second-order valence-corrected chi connectivity index (χ2v) is 5.36. The largest absolute Gasteiger partial charge is 0.506 e. The van der Waals surface area contributed by atoms with Gasteiger partial charge in [0.25, 0.3) is 0 Å². The van der Waals surface area contributed by atoms with Gasteiger partial charge in [-0.25, -0.2) is 0 Å². The lowest BCUT2D eigenvalue weighted by atomic mass is 9.98. The molecule has 4 rings (SSSR count). The van der Waals surface area contributed by atoms with Crippen molar-refractivity contribution in [1.29, 1.82) is 0 Å². The Morgan fingerprint density at radius 1 is 0.783 bits per heavy atom. The van der Waals surface area contributed by atoms with Crippen LogP contribution in [0.2, 0.25) is 0 Å². The van der Waals surface area contributed by atoms with Crippen LogP contribution in [-0.4, -0.2) is 15.1 Å². The monoisotopic (exact) mass is 298 g/mol.